The number of amides is 1. The van der Waals surface area contributed by atoms with Gasteiger partial charge in [-0.2, -0.15) is 4.98 Å². The standard InChI is InChI=1S/C22H29N5O2/c28-20(23-18-8-9-18)17-7-4-12-27(15-17)19-10-13-26(14-11-19)22-24-21(29-25-22)16-5-2-1-3-6-16/h1-3,5-6,17-19H,4,7-15H2,(H,23,28)/t17-/m1/s1. The molecular weight excluding hydrogens is 366 g/mol. The van der Waals surface area contributed by atoms with Gasteiger partial charge in [0, 0.05) is 37.3 Å². The van der Waals surface area contributed by atoms with E-state index in [9.17, 15) is 4.79 Å². The molecule has 2 saturated heterocycles. The normalized spacial score (nSPS) is 23.9. The predicted octanol–water partition coefficient (Wildman–Crippen LogP) is 2.70. The third-order valence-corrected chi connectivity index (χ3v) is 6.45. The number of hydrogen-bond acceptors (Lipinski definition) is 6. The lowest BCUT2D eigenvalue weighted by atomic mass is 9.93. The van der Waals surface area contributed by atoms with E-state index in [-0.39, 0.29) is 11.8 Å². The van der Waals surface area contributed by atoms with Crippen LogP contribution >= 0.6 is 0 Å². The molecule has 0 unspecified atom stereocenters. The molecule has 0 spiro atoms. The first-order chi connectivity index (χ1) is 14.3. The highest BCUT2D eigenvalue weighted by Crippen LogP contribution is 2.27. The second-order valence-electron chi connectivity index (χ2n) is 8.60. The summed E-state index contributed by atoms with van der Waals surface area (Å²) in [6.07, 6.45) is 6.61. The number of rotatable bonds is 5. The van der Waals surface area contributed by atoms with E-state index in [1.807, 2.05) is 30.3 Å². The van der Waals surface area contributed by atoms with Crippen molar-refractivity contribution in [1.82, 2.24) is 20.4 Å². The van der Waals surface area contributed by atoms with Gasteiger partial charge in [-0.3, -0.25) is 9.69 Å². The molecule has 0 radical (unpaired) electrons. The first kappa shape index (κ1) is 18.6. The van der Waals surface area contributed by atoms with Gasteiger partial charge in [-0.05, 0) is 62.4 Å². The van der Waals surface area contributed by atoms with E-state index in [1.54, 1.807) is 0 Å². The Labute approximate surface area is 171 Å². The average molecular weight is 396 g/mol. The maximum absolute atomic E-state index is 12.5. The highest BCUT2D eigenvalue weighted by molar-refractivity contribution is 5.79. The molecule has 0 bridgehead atoms. The van der Waals surface area contributed by atoms with Gasteiger partial charge in [0.25, 0.3) is 11.8 Å². The van der Waals surface area contributed by atoms with Gasteiger partial charge >= 0.3 is 0 Å². The summed E-state index contributed by atoms with van der Waals surface area (Å²) in [4.78, 5) is 21.8. The van der Waals surface area contributed by atoms with E-state index in [0.717, 1.165) is 70.3 Å². The number of anilines is 1. The molecule has 3 aliphatic rings. The van der Waals surface area contributed by atoms with Gasteiger partial charge in [-0.25, -0.2) is 0 Å². The van der Waals surface area contributed by atoms with Crippen molar-refractivity contribution in [3.63, 3.8) is 0 Å². The molecule has 2 aromatic rings. The molecule has 1 N–H and O–H groups in total. The minimum atomic E-state index is 0.160. The number of carbonyl (C=O) groups excluding carboxylic acids is 1. The number of carbonyl (C=O) groups is 1. The Bertz CT molecular complexity index is 827. The fourth-order valence-electron chi connectivity index (χ4n) is 4.57. The van der Waals surface area contributed by atoms with Crippen molar-refractivity contribution in [2.24, 2.45) is 5.92 Å². The second-order valence-corrected chi connectivity index (χ2v) is 8.60. The highest BCUT2D eigenvalue weighted by atomic mass is 16.5. The number of likely N-dealkylation sites (tertiary alicyclic amines) is 1. The van der Waals surface area contributed by atoms with Gasteiger partial charge in [0.05, 0.1) is 5.92 Å². The monoisotopic (exact) mass is 395 g/mol. The Balaban J connectivity index is 1.15. The molecule has 154 valence electrons. The summed E-state index contributed by atoms with van der Waals surface area (Å²) in [7, 11) is 0. The molecule has 1 amide bonds. The SMILES string of the molecule is O=C(NC1CC1)[C@@H]1CCCN(C2CCN(c3noc(-c4ccccc4)n3)CC2)C1. The predicted molar refractivity (Wildman–Crippen MR) is 110 cm³/mol. The van der Waals surface area contributed by atoms with Crippen molar-refractivity contribution < 1.29 is 9.32 Å². The summed E-state index contributed by atoms with van der Waals surface area (Å²) in [5.41, 5.74) is 0.949. The Morgan fingerprint density at radius 2 is 1.83 bits per heavy atom. The van der Waals surface area contributed by atoms with Crippen LogP contribution in [0.4, 0.5) is 5.95 Å². The van der Waals surface area contributed by atoms with Crippen LogP contribution < -0.4 is 10.2 Å². The molecule has 1 aliphatic carbocycles. The molecular formula is C22H29N5O2. The van der Waals surface area contributed by atoms with Crippen LogP contribution in [-0.2, 0) is 4.79 Å². The van der Waals surface area contributed by atoms with E-state index in [2.05, 4.69) is 25.3 Å². The number of aromatic nitrogens is 2. The van der Waals surface area contributed by atoms with E-state index in [4.69, 9.17) is 4.52 Å². The summed E-state index contributed by atoms with van der Waals surface area (Å²) in [5, 5.41) is 7.39. The van der Waals surface area contributed by atoms with E-state index in [0.29, 0.717) is 23.9 Å². The maximum Gasteiger partial charge on any atom is 0.266 e. The van der Waals surface area contributed by atoms with Gasteiger partial charge < -0.3 is 14.7 Å². The van der Waals surface area contributed by atoms with Crippen molar-refractivity contribution in [2.75, 3.05) is 31.1 Å². The molecule has 3 heterocycles. The number of hydrogen-bond donors (Lipinski definition) is 1. The zero-order valence-corrected chi connectivity index (χ0v) is 16.8. The summed E-state index contributed by atoms with van der Waals surface area (Å²) in [6.45, 7) is 3.86. The number of piperidine rings is 2. The fourth-order valence-corrected chi connectivity index (χ4v) is 4.57. The maximum atomic E-state index is 12.5. The highest BCUT2D eigenvalue weighted by Gasteiger charge is 2.34. The van der Waals surface area contributed by atoms with Crippen LogP contribution in [0, 0.1) is 5.92 Å². The first-order valence-corrected chi connectivity index (χ1v) is 10.9. The zero-order chi connectivity index (χ0) is 19.6. The number of benzene rings is 1. The van der Waals surface area contributed by atoms with Gasteiger partial charge in [0.15, 0.2) is 0 Å². The Morgan fingerprint density at radius 1 is 1.03 bits per heavy atom. The van der Waals surface area contributed by atoms with Crippen LogP contribution in [0.2, 0.25) is 0 Å². The van der Waals surface area contributed by atoms with Crippen molar-refractivity contribution in [2.45, 2.75) is 50.6 Å². The summed E-state index contributed by atoms with van der Waals surface area (Å²) in [5.74, 6) is 1.69. The molecule has 5 rings (SSSR count). The van der Waals surface area contributed by atoms with Crippen molar-refractivity contribution >= 4 is 11.9 Å². The minimum Gasteiger partial charge on any atom is -0.353 e. The molecule has 7 nitrogen and oxygen atoms in total. The zero-order valence-electron chi connectivity index (χ0n) is 16.8. The van der Waals surface area contributed by atoms with Gasteiger partial charge in [0.2, 0.25) is 5.91 Å². The number of nitrogens with zero attached hydrogens (tertiary/aromatic N) is 4. The molecule has 2 aliphatic heterocycles. The van der Waals surface area contributed by atoms with E-state index >= 15 is 0 Å². The van der Waals surface area contributed by atoms with Gasteiger partial charge in [-0.15, -0.1) is 0 Å². The molecule has 7 heteroatoms. The van der Waals surface area contributed by atoms with Crippen molar-refractivity contribution in [1.29, 1.82) is 0 Å². The van der Waals surface area contributed by atoms with Crippen molar-refractivity contribution in [3.8, 4) is 11.5 Å². The van der Waals surface area contributed by atoms with Gasteiger partial charge in [0.1, 0.15) is 0 Å². The largest absolute Gasteiger partial charge is 0.353 e. The molecule has 3 fully saturated rings. The topological polar surface area (TPSA) is 74.5 Å². The molecule has 1 aromatic heterocycles. The van der Waals surface area contributed by atoms with Crippen molar-refractivity contribution in [3.05, 3.63) is 30.3 Å². The van der Waals surface area contributed by atoms with Crippen LogP contribution in [0.1, 0.15) is 38.5 Å². The van der Waals surface area contributed by atoms with E-state index in [1.165, 1.54) is 0 Å². The lowest BCUT2D eigenvalue weighted by molar-refractivity contribution is -0.127. The van der Waals surface area contributed by atoms with Crippen LogP contribution in [-0.4, -0.2) is 59.2 Å². The Hall–Kier alpha value is -2.41. The Morgan fingerprint density at radius 3 is 2.59 bits per heavy atom. The summed E-state index contributed by atoms with van der Waals surface area (Å²) in [6, 6.07) is 10.9. The number of nitrogens with one attached hydrogen (secondary N) is 1. The van der Waals surface area contributed by atoms with Crippen LogP contribution in [0.15, 0.2) is 34.9 Å². The average Bonchev–Trinajstić information content (AvgIpc) is 3.46. The summed E-state index contributed by atoms with van der Waals surface area (Å²) >= 11 is 0. The Kier molecular flexibility index (Phi) is 5.23. The third kappa shape index (κ3) is 4.29. The van der Waals surface area contributed by atoms with Crippen LogP contribution in [0.25, 0.3) is 11.5 Å². The molecule has 1 aromatic carbocycles. The fraction of sp³-hybridized carbons (Fsp3) is 0.591. The molecule has 29 heavy (non-hydrogen) atoms. The second kappa shape index (κ2) is 8.14. The molecule has 1 saturated carbocycles. The molecule has 1 atom stereocenters. The van der Waals surface area contributed by atoms with Crippen LogP contribution in [0.5, 0.6) is 0 Å². The van der Waals surface area contributed by atoms with E-state index < -0.39 is 0 Å². The summed E-state index contributed by atoms with van der Waals surface area (Å²) < 4.78 is 5.47. The lowest BCUT2D eigenvalue weighted by Gasteiger charge is -2.41. The quantitative estimate of drug-likeness (QED) is 0.839. The lowest BCUT2D eigenvalue weighted by Crippen LogP contribution is -2.51. The minimum absolute atomic E-state index is 0.160. The third-order valence-electron chi connectivity index (χ3n) is 6.45. The smallest absolute Gasteiger partial charge is 0.266 e. The first-order valence-electron chi connectivity index (χ1n) is 10.9. The van der Waals surface area contributed by atoms with Crippen LogP contribution in [0.3, 0.4) is 0 Å². The van der Waals surface area contributed by atoms with Gasteiger partial charge in [-0.1, -0.05) is 18.2 Å².